The average Bonchev–Trinajstić information content (AvgIpc) is 2.65. The van der Waals surface area contributed by atoms with Crippen LogP contribution in [0, 0.1) is 11.3 Å². The Balaban J connectivity index is 2.00. The molecular formula is C14H15NO2. The number of para-hydroxylation sites is 1. The van der Waals surface area contributed by atoms with E-state index < -0.39 is 0 Å². The standard InChI is InChI=1S/C14H15NO2/c1-13-8-9-6-7-17-14(9,13)10-4-2-3-5-11(10)15-12(13)16/h2-5,9H,6-8H2,1H3,(H,15,16). The van der Waals surface area contributed by atoms with Crippen molar-refractivity contribution in [2.45, 2.75) is 25.4 Å². The van der Waals surface area contributed by atoms with E-state index in [9.17, 15) is 4.79 Å². The second-order valence-corrected chi connectivity index (χ2v) is 5.61. The average molecular weight is 229 g/mol. The molecule has 1 amide bonds. The maximum absolute atomic E-state index is 12.3. The first-order valence-corrected chi connectivity index (χ1v) is 6.23. The number of anilines is 1. The zero-order chi connectivity index (χ0) is 11.7. The van der Waals surface area contributed by atoms with Crippen molar-refractivity contribution in [3.63, 3.8) is 0 Å². The van der Waals surface area contributed by atoms with Crippen LogP contribution in [0.3, 0.4) is 0 Å². The van der Waals surface area contributed by atoms with E-state index in [1.165, 1.54) is 5.56 Å². The Morgan fingerprint density at radius 2 is 2.24 bits per heavy atom. The van der Waals surface area contributed by atoms with Crippen LogP contribution in [0.1, 0.15) is 25.3 Å². The molecule has 88 valence electrons. The van der Waals surface area contributed by atoms with Crippen molar-refractivity contribution in [2.75, 3.05) is 11.9 Å². The van der Waals surface area contributed by atoms with Gasteiger partial charge in [-0.05, 0) is 31.7 Å². The minimum atomic E-state index is -0.373. The topological polar surface area (TPSA) is 38.3 Å². The van der Waals surface area contributed by atoms with Crippen LogP contribution in [-0.4, -0.2) is 12.5 Å². The lowest BCUT2D eigenvalue weighted by atomic mass is 9.47. The molecule has 0 bridgehead atoms. The number of nitrogens with one attached hydrogen (secondary N) is 1. The van der Waals surface area contributed by atoms with Crippen LogP contribution in [0.25, 0.3) is 0 Å². The molecule has 1 aromatic rings. The molecule has 1 N–H and O–H groups in total. The van der Waals surface area contributed by atoms with Crippen LogP contribution >= 0.6 is 0 Å². The molecule has 0 radical (unpaired) electrons. The quantitative estimate of drug-likeness (QED) is 0.741. The lowest BCUT2D eigenvalue weighted by molar-refractivity contribution is -0.203. The predicted molar refractivity (Wildman–Crippen MR) is 63.5 cm³/mol. The van der Waals surface area contributed by atoms with Gasteiger partial charge in [0.2, 0.25) is 5.91 Å². The van der Waals surface area contributed by atoms with Crippen LogP contribution in [0.4, 0.5) is 5.69 Å². The highest BCUT2D eigenvalue weighted by Gasteiger charge is 2.72. The van der Waals surface area contributed by atoms with Crippen LogP contribution < -0.4 is 5.32 Å². The maximum atomic E-state index is 12.3. The fourth-order valence-corrected chi connectivity index (χ4v) is 4.08. The van der Waals surface area contributed by atoms with Gasteiger partial charge in [0.25, 0.3) is 0 Å². The molecule has 0 aromatic heterocycles. The van der Waals surface area contributed by atoms with Gasteiger partial charge in [-0.2, -0.15) is 0 Å². The minimum Gasteiger partial charge on any atom is -0.369 e. The van der Waals surface area contributed by atoms with Crippen molar-refractivity contribution in [1.29, 1.82) is 0 Å². The second-order valence-electron chi connectivity index (χ2n) is 5.61. The molecule has 2 heterocycles. The van der Waals surface area contributed by atoms with Gasteiger partial charge < -0.3 is 10.1 Å². The number of carbonyl (C=O) groups is 1. The summed E-state index contributed by atoms with van der Waals surface area (Å²) in [5.41, 5.74) is 1.39. The molecule has 1 spiro atoms. The summed E-state index contributed by atoms with van der Waals surface area (Å²) in [6.45, 7) is 2.82. The summed E-state index contributed by atoms with van der Waals surface area (Å²) in [4.78, 5) is 12.3. The Hall–Kier alpha value is -1.35. The molecule has 4 rings (SSSR count). The maximum Gasteiger partial charge on any atom is 0.233 e. The Morgan fingerprint density at radius 1 is 1.41 bits per heavy atom. The number of hydrogen-bond donors (Lipinski definition) is 1. The Labute approximate surface area is 100 Å². The lowest BCUT2D eigenvalue weighted by Gasteiger charge is -2.60. The van der Waals surface area contributed by atoms with Gasteiger partial charge in [-0.15, -0.1) is 0 Å². The molecule has 3 unspecified atom stereocenters. The van der Waals surface area contributed by atoms with Crippen LogP contribution in [0.2, 0.25) is 0 Å². The third-order valence-corrected chi connectivity index (χ3v) is 4.92. The molecule has 1 aliphatic carbocycles. The van der Waals surface area contributed by atoms with Crippen LogP contribution in [0.5, 0.6) is 0 Å². The fraction of sp³-hybridized carbons (Fsp3) is 0.500. The van der Waals surface area contributed by atoms with E-state index in [0.29, 0.717) is 5.92 Å². The fourth-order valence-electron chi connectivity index (χ4n) is 4.08. The Kier molecular flexibility index (Phi) is 1.55. The number of amides is 1. The van der Waals surface area contributed by atoms with Crippen molar-refractivity contribution in [3.8, 4) is 0 Å². The highest BCUT2D eigenvalue weighted by molar-refractivity contribution is 6.01. The Morgan fingerprint density at radius 3 is 3.06 bits per heavy atom. The second kappa shape index (κ2) is 2.72. The van der Waals surface area contributed by atoms with Crippen molar-refractivity contribution >= 4 is 11.6 Å². The number of fused-ring (bicyclic) bond motifs is 1. The lowest BCUT2D eigenvalue weighted by Crippen LogP contribution is -2.66. The minimum absolute atomic E-state index is 0.120. The molecule has 1 aromatic carbocycles. The largest absolute Gasteiger partial charge is 0.369 e. The van der Waals surface area contributed by atoms with Gasteiger partial charge >= 0.3 is 0 Å². The number of benzene rings is 1. The zero-order valence-corrected chi connectivity index (χ0v) is 9.82. The molecule has 3 atom stereocenters. The van der Waals surface area contributed by atoms with E-state index in [-0.39, 0.29) is 16.9 Å². The van der Waals surface area contributed by atoms with E-state index in [0.717, 1.165) is 25.1 Å². The number of hydrogen-bond acceptors (Lipinski definition) is 2. The molecule has 2 fully saturated rings. The van der Waals surface area contributed by atoms with E-state index in [2.05, 4.69) is 11.4 Å². The molecule has 17 heavy (non-hydrogen) atoms. The van der Waals surface area contributed by atoms with Crippen molar-refractivity contribution in [1.82, 2.24) is 0 Å². The van der Waals surface area contributed by atoms with Gasteiger partial charge in [-0.1, -0.05) is 18.2 Å². The first-order valence-electron chi connectivity index (χ1n) is 6.23. The van der Waals surface area contributed by atoms with Gasteiger partial charge in [0.1, 0.15) is 5.60 Å². The van der Waals surface area contributed by atoms with E-state index in [4.69, 9.17) is 4.74 Å². The highest BCUT2D eigenvalue weighted by Crippen LogP contribution is 2.69. The number of rotatable bonds is 0. The summed E-state index contributed by atoms with van der Waals surface area (Å²) < 4.78 is 6.08. The first-order chi connectivity index (χ1) is 8.18. The van der Waals surface area contributed by atoms with Crippen LogP contribution in [0.15, 0.2) is 24.3 Å². The van der Waals surface area contributed by atoms with Crippen molar-refractivity contribution in [3.05, 3.63) is 29.8 Å². The third-order valence-electron chi connectivity index (χ3n) is 4.92. The van der Waals surface area contributed by atoms with E-state index in [1.807, 2.05) is 25.1 Å². The molecule has 2 aliphatic heterocycles. The normalized spacial score (nSPS) is 41.9. The van der Waals surface area contributed by atoms with E-state index >= 15 is 0 Å². The zero-order valence-electron chi connectivity index (χ0n) is 9.82. The summed E-state index contributed by atoms with van der Waals surface area (Å²) >= 11 is 0. The molecule has 3 heteroatoms. The summed E-state index contributed by atoms with van der Waals surface area (Å²) in [7, 11) is 0. The third kappa shape index (κ3) is 0.846. The molecule has 1 saturated heterocycles. The molecule has 1 saturated carbocycles. The van der Waals surface area contributed by atoms with Gasteiger partial charge in [0, 0.05) is 17.9 Å². The summed E-state index contributed by atoms with van der Waals surface area (Å²) in [6.07, 6.45) is 2.03. The van der Waals surface area contributed by atoms with Gasteiger partial charge in [-0.25, -0.2) is 0 Å². The van der Waals surface area contributed by atoms with Gasteiger partial charge in [0.15, 0.2) is 0 Å². The SMILES string of the molecule is CC12CC3CCOC31c1ccccc1NC2=O. The highest BCUT2D eigenvalue weighted by atomic mass is 16.5. The monoisotopic (exact) mass is 229 g/mol. The number of ether oxygens (including phenoxy) is 1. The summed E-state index contributed by atoms with van der Waals surface area (Å²) in [6, 6.07) is 8.06. The number of carbonyl (C=O) groups excluding carboxylic acids is 1. The summed E-state index contributed by atoms with van der Waals surface area (Å²) in [5, 5.41) is 3.02. The van der Waals surface area contributed by atoms with Crippen molar-refractivity contribution in [2.24, 2.45) is 11.3 Å². The smallest absolute Gasteiger partial charge is 0.233 e. The first kappa shape index (κ1) is 9.66. The van der Waals surface area contributed by atoms with Crippen LogP contribution in [-0.2, 0) is 15.1 Å². The Bertz CT molecular complexity index is 527. The molecular weight excluding hydrogens is 214 g/mol. The molecule has 3 nitrogen and oxygen atoms in total. The molecule has 3 aliphatic rings. The van der Waals surface area contributed by atoms with E-state index in [1.54, 1.807) is 0 Å². The predicted octanol–water partition coefficient (Wildman–Crippen LogP) is 2.28. The van der Waals surface area contributed by atoms with Gasteiger partial charge in [-0.3, -0.25) is 4.79 Å². The van der Waals surface area contributed by atoms with Gasteiger partial charge in [0.05, 0.1) is 5.41 Å². The van der Waals surface area contributed by atoms with Crippen molar-refractivity contribution < 1.29 is 9.53 Å². The summed E-state index contributed by atoms with van der Waals surface area (Å²) in [5.74, 6) is 0.633.